The van der Waals surface area contributed by atoms with Crippen LogP contribution in [-0.2, 0) is 11.2 Å². The van der Waals surface area contributed by atoms with Crippen LogP contribution >= 0.6 is 0 Å². The molecule has 1 atom stereocenters. The van der Waals surface area contributed by atoms with Gasteiger partial charge in [-0.05, 0) is 24.5 Å². The number of ketones is 1. The Kier molecular flexibility index (Phi) is 3.79. The quantitative estimate of drug-likeness (QED) is 0.794. The SMILES string of the molecule is COCCC(C)C(=O)c1ccc2c(c1)NCC2. The Morgan fingerprint density at radius 3 is 3.12 bits per heavy atom. The summed E-state index contributed by atoms with van der Waals surface area (Å²) in [6.45, 7) is 3.57. The Balaban J connectivity index is 2.09. The van der Waals surface area contributed by atoms with Crippen molar-refractivity contribution in [2.45, 2.75) is 19.8 Å². The first-order valence-electron chi connectivity index (χ1n) is 6.12. The molecular weight excluding hydrogens is 214 g/mol. The predicted octanol–water partition coefficient (Wildman–Crippen LogP) is 2.51. The molecule has 0 saturated heterocycles. The van der Waals surface area contributed by atoms with Gasteiger partial charge in [-0.15, -0.1) is 0 Å². The van der Waals surface area contributed by atoms with Gasteiger partial charge in [-0.25, -0.2) is 0 Å². The van der Waals surface area contributed by atoms with E-state index in [4.69, 9.17) is 4.74 Å². The van der Waals surface area contributed by atoms with Gasteiger partial charge in [0, 0.05) is 37.4 Å². The average molecular weight is 233 g/mol. The second-order valence-electron chi connectivity index (χ2n) is 4.60. The first kappa shape index (κ1) is 12.1. The summed E-state index contributed by atoms with van der Waals surface area (Å²) < 4.78 is 5.01. The van der Waals surface area contributed by atoms with E-state index in [9.17, 15) is 4.79 Å². The lowest BCUT2D eigenvalue weighted by atomic mass is 9.95. The summed E-state index contributed by atoms with van der Waals surface area (Å²) in [6, 6.07) is 5.98. The molecule has 0 fully saturated rings. The Hall–Kier alpha value is -1.35. The molecule has 2 rings (SSSR count). The summed E-state index contributed by atoms with van der Waals surface area (Å²) in [5.74, 6) is 0.230. The van der Waals surface area contributed by atoms with E-state index in [0.29, 0.717) is 6.61 Å². The maximum atomic E-state index is 12.2. The molecule has 0 bridgehead atoms. The molecule has 17 heavy (non-hydrogen) atoms. The van der Waals surface area contributed by atoms with Crippen LogP contribution < -0.4 is 5.32 Å². The number of fused-ring (bicyclic) bond motifs is 1. The molecule has 1 unspecified atom stereocenters. The lowest BCUT2D eigenvalue weighted by molar-refractivity contribution is 0.0894. The number of benzene rings is 1. The second kappa shape index (κ2) is 5.32. The molecule has 0 amide bonds. The van der Waals surface area contributed by atoms with Crippen molar-refractivity contribution in [1.82, 2.24) is 0 Å². The van der Waals surface area contributed by atoms with Crippen LogP contribution in [0.25, 0.3) is 0 Å². The number of carbonyl (C=O) groups is 1. The van der Waals surface area contributed by atoms with Crippen LogP contribution in [0.4, 0.5) is 5.69 Å². The Bertz CT molecular complexity index is 415. The number of anilines is 1. The van der Waals surface area contributed by atoms with E-state index < -0.39 is 0 Å². The van der Waals surface area contributed by atoms with Crippen LogP contribution in [0.15, 0.2) is 18.2 Å². The van der Waals surface area contributed by atoms with E-state index in [-0.39, 0.29) is 11.7 Å². The van der Waals surface area contributed by atoms with Gasteiger partial charge in [0.2, 0.25) is 0 Å². The molecule has 0 aromatic heterocycles. The molecule has 0 saturated carbocycles. The van der Waals surface area contributed by atoms with Crippen molar-refractivity contribution in [1.29, 1.82) is 0 Å². The van der Waals surface area contributed by atoms with Crippen LogP contribution in [0.2, 0.25) is 0 Å². The van der Waals surface area contributed by atoms with Crippen LogP contribution in [0, 0.1) is 5.92 Å². The molecule has 1 aromatic rings. The maximum absolute atomic E-state index is 12.2. The molecule has 3 heteroatoms. The number of carbonyl (C=O) groups excluding carboxylic acids is 1. The summed E-state index contributed by atoms with van der Waals surface area (Å²) in [5, 5.41) is 3.30. The summed E-state index contributed by atoms with van der Waals surface area (Å²) in [7, 11) is 1.66. The van der Waals surface area contributed by atoms with Gasteiger partial charge in [0.25, 0.3) is 0 Å². The van der Waals surface area contributed by atoms with Crippen molar-refractivity contribution >= 4 is 11.5 Å². The van der Waals surface area contributed by atoms with Crippen LogP contribution in [0.1, 0.15) is 29.3 Å². The zero-order valence-corrected chi connectivity index (χ0v) is 10.5. The standard InChI is InChI=1S/C14H19NO2/c1-10(6-8-17-2)14(16)12-4-3-11-5-7-15-13(11)9-12/h3-4,9-10,15H,5-8H2,1-2H3. The number of hydrogen-bond acceptors (Lipinski definition) is 3. The van der Waals surface area contributed by atoms with Gasteiger partial charge in [-0.1, -0.05) is 19.1 Å². The van der Waals surface area contributed by atoms with E-state index in [1.807, 2.05) is 19.1 Å². The molecule has 1 aliphatic rings. The normalized spacial score (nSPS) is 15.2. The van der Waals surface area contributed by atoms with Crippen LogP contribution in [-0.4, -0.2) is 26.0 Å². The Morgan fingerprint density at radius 1 is 1.53 bits per heavy atom. The third kappa shape index (κ3) is 2.67. The van der Waals surface area contributed by atoms with Gasteiger partial charge in [0.15, 0.2) is 5.78 Å². The van der Waals surface area contributed by atoms with Gasteiger partial charge >= 0.3 is 0 Å². The summed E-state index contributed by atoms with van der Waals surface area (Å²) >= 11 is 0. The molecule has 92 valence electrons. The fourth-order valence-corrected chi connectivity index (χ4v) is 2.15. The highest BCUT2D eigenvalue weighted by Crippen LogP contribution is 2.24. The minimum absolute atomic E-state index is 0.0226. The lowest BCUT2D eigenvalue weighted by Crippen LogP contribution is -2.13. The second-order valence-corrected chi connectivity index (χ2v) is 4.60. The molecule has 0 spiro atoms. The Labute approximate surface area is 102 Å². The van der Waals surface area contributed by atoms with E-state index in [1.54, 1.807) is 7.11 Å². The molecule has 1 heterocycles. The van der Waals surface area contributed by atoms with E-state index in [2.05, 4.69) is 11.4 Å². The molecule has 0 aliphatic carbocycles. The van der Waals surface area contributed by atoms with Gasteiger partial charge in [-0.3, -0.25) is 4.79 Å². The summed E-state index contributed by atoms with van der Waals surface area (Å²) in [4.78, 5) is 12.2. The number of nitrogens with one attached hydrogen (secondary N) is 1. The van der Waals surface area contributed by atoms with E-state index in [0.717, 1.165) is 30.6 Å². The topological polar surface area (TPSA) is 38.3 Å². The minimum Gasteiger partial charge on any atom is -0.385 e. The van der Waals surface area contributed by atoms with Gasteiger partial charge in [0.1, 0.15) is 0 Å². The van der Waals surface area contributed by atoms with Crippen molar-refractivity contribution in [2.24, 2.45) is 5.92 Å². The fraction of sp³-hybridized carbons (Fsp3) is 0.500. The first-order valence-corrected chi connectivity index (χ1v) is 6.12. The van der Waals surface area contributed by atoms with E-state index >= 15 is 0 Å². The summed E-state index contributed by atoms with van der Waals surface area (Å²) in [5.41, 5.74) is 3.24. The van der Waals surface area contributed by atoms with Crippen molar-refractivity contribution < 1.29 is 9.53 Å². The van der Waals surface area contributed by atoms with Crippen molar-refractivity contribution in [3.8, 4) is 0 Å². The highest BCUT2D eigenvalue weighted by atomic mass is 16.5. The van der Waals surface area contributed by atoms with Crippen LogP contribution in [0.3, 0.4) is 0 Å². The van der Waals surface area contributed by atoms with Gasteiger partial charge < -0.3 is 10.1 Å². The molecule has 3 nitrogen and oxygen atoms in total. The van der Waals surface area contributed by atoms with Gasteiger partial charge in [0.05, 0.1) is 0 Å². The molecule has 1 aromatic carbocycles. The van der Waals surface area contributed by atoms with Crippen molar-refractivity contribution in [3.05, 3.63) is 29.3 Å². The van der Waals surface area contributed by atoms with Crippen molar-refractivity contribution in [2.75, 3.05) is 25.6 Å². The molecule has 1 N–H and O–H groups in total. The number of hydrogen-bond donors (Lipinski definition) is 1. The minimum atomic E-state index is 0.0226. The monoisotopic (exact) mass is 233 g/mol. The fourth-order valence-electron chi connectivity index (χ4n) is 2.15. The maximum Gasteiger partial charge on any atom is 0.165 e. The largest absolute Gasteiger partial charge is 0.385 e. The predicted molar refractivity (Wildman–Crippen MR) is 68.6 cm³/mol. The van der Waals surface area contributed by atoms with Gasteiger partial charge in [-0.2, -0.15) is 0 Å². The highest BCUT2D eigenvalue weighted by molar-refractivity contribution is 5.98. The highest BCUT2D eigenvalue weighted by Gasteiger charge is 2.17. The third-order valence-corrected chi connectivity index (χ3v) is 3.31. The lowest BCUT2D eigenvalue weighted by Gasteiger charge is -2.11. The third-order valence-electron chi connectivity index (χ3n) is 3.31. The zero-order chi connectivity index (χ0) is 12.3. The molecule has 0 radical (unpaired) electrons. The zero-order valence-electron chi connectivity index (χ0n) is 10.5. The summed E-state index contributed by atoms with van der Waals surface area (Å²) in [6.07, 6.45) is 1.84. The molecule has 1 aliphatic heterocycles. The van der Waals surface area contributed by atoms with E-state index in [1.165, 1.54) is 5.56 Å². The molecular formula is C14H19NO2. The smallest absolute Gasteiger partial charge is 0.165 e. The average Bonchev–Trinajstić information content (AvgIpc) is 2.81. The Morgan fingerprint density at radius 2 is 2.35 bits per heavy atom. The number of rotatable bonds is 5. The van der Waals surface area contributed by atoms with Crippen molar-refractivity contribution in [3.63, 3.8) is 0 Å². The first-order chi connectivity index (χ1) is 8.22. The number of ether oxygens (including phenoxy) is 1. The van der Waals surface area contributed by atoms with Crippen LogP contribution in [0.5, 0.6) is 0 Å². The number of Topliss-reactive ketones (excluding diaryl/α,β-unsaturated/α-hetero) is 1. The number of methoxy groups -OCH3 is 1.